The molecule has 0 aromatic heterocycles. The van der Waals surface area contributed by atoms with Crippen LogP contribution in [0.15, 0.2) is 70.8 Å². The van der Waals surface area contributed by atoms with Crippen molar-refractivity contribution in [3.63, 3.8) is 0 Å². The molecule has 0 heterocycles. The summed E-state index contributed by atoms with van der Waals surface area (Å²) in [6.45, 7) is 4.05. The van der Waals surface area contributed by atoms with Crippen LogP contribution in [-0.4, -0.2) is 18.2 Å². The number of hydrazone groups is 1. The van der Waals surface area contributed by atoms with Gasteiger partial charge in [0.25, 0.3) is 0 Å². The second-order valence-electron chi connectivity index (χ2n) is 4.84. The van der Waals surface area contributed by atoms with E-state index in [0.717, 1.165) is 11.3 Å². The van der Waals surface area contributed by atoms with Crippen molar-refractivity contribution in [2.24, 2.45) is 10.1 Å². The Morgan fingerprint density at radius 2 is 1.57 bits per heavy atom. The molecule has 0 fully saturated rings. The highest BCUT2D eigenvalue weighted by atomic mass is 15.4. The highest BCUT2D eigenvalue weighted by Gasteiger charge is 1.99. The van der Waals surface area contributed by atoms with Gasteiger partial charge in [0.15, 0.2) is 0 Å². The second kappa shape index (κ2) is 7.85. The molecule has 2 rings (SSSR count). The van der Waals surface area contributed by atoms with E-state index in [1.807, 2.05) is 74.5 Å². The van der Waals surface area contributed by atoms with Gasteiger partial charge in [-0.2, -0.15) is 5.10 Å². The molecule has 0 atom stereocenters. The van der Waals surface area contributed by atoms with Crippen LogP contribution in [-0.2, 0) is 0 Å². The van der Waals surface area contributed by atoms with Crippen LogP contribution in [0.2, 0.25) is 0 Å². The molecule has 2 N–H and O–H groups in total. The van der Waals surface area contributed by atoms with Gasteiger partial charge in [0.05, 0.1) is 6.21 Å². The van der Waals surface area contributed by atoms with Gasteiger partial charge in [-0.1, -0.05) is 48.5 Å². The fourth-order valence-corrected chi connectivity index (χ4v) is 1.71. The first-order chi connectivity index (χ1) is 10.2. The van der Waals surface area contributed by atoms with Crippen LogP contribution in [0.4, 0.5) is 5.69 Å². The molecule has 0 aliphatic rings. The Bertz CT molecular complexity index is 589. The summed E-state index contributed by atoms with van der Waals surface area (Å²) in [4.78, 5) is 4.48. The van der Waals surface area contributed by atoms with Gasteiger partial charge < -0.3 is 5.32 Å². The van der Waals surface area contributed by atoms with E-state index >= 15 is 0 Å². The van der Waals surface area contributed by atoms with Gasteiger partial charge in [-0.25, -0.2) is 10.4 Å². The van der Waals surface area contributed by atoms with Gasteiger partial charge in [0, 0.05) is 11.7 Å². The molecule has 0 aliphatic heterocycles. The lowest BCUT2D eigenvalue weighted by atomic mass is 10.2. The number of anilines is 1. The molecule has 0 aliphatic carbocycles. The van der Waals surface area contributed by atoms with E-state index < -0.39 is 0 Å². The first-order valence-corrected chi connectivity index (χ1v) is 6.98. The first-order valence-electron chi connectivity index (χ1n) is 6.98. The number of aliphatic imine (C=N–C) groups is 1. The summed E-state index contributed by atoms with van der Waals surface area (Å²) in [5.41, 5.74) is 4.96. The molecule has 0 saturated carbocycles. The topological polar surface area (TPSA) is 48.8 Å². The molecule has 2 aromatic carbocycles. The standard InChI is InChI=1S/C17H20N4/c1-14(2)19-17(20-16-11-7-4-8-12-16)21-18-13-15-9-5-3-6-10-15/h3-14H,1-2H3,(H2,19,20,21)/b18-13+. The van der Waals surface area contributed by atoms with Crippen molar-refractivity contribution < 1.29 is 0 Å². The average molecular weight is 280 g/mol. The van der Waals surface area contributed by atoms with Crippen molar-refractivity contribution in [3.8, 4) is 0 Å². The number of hydrogen-bond donors (Lipinski definition) is 2. The molecule has 21 heavy (non-hydrogen) atoms. The number of nitrogens with zero attached hydrogens (tertiary/aromatic N) is 2. The fourth-order valence-electron chi connectivity index (χ4n) is 1.71. The normalized spacial score (nSPS) is 11.9. The smallest absolute Gasteiger partial charge is 0.216 e. The fraction of sp³-hybridized carbons (Fsp3) is 0.176. The third kappa shape index (κ3) is 5.48. The molecule has 0 bridgehead atoms. The van der Waals surface area contributed by atoms with Crippen molar-refractivity contribution in [2.45, 2.75) is 19.9 Å². The largest absolute Gasteiger partial charge is 0.325 e. The Morgan fingerprint density at radius 1 is 0.952 bits per heavy atom. The number of hydrogen-bond acceptors (Lipinski definition) is 2. The summed E-state index contributed by atoms with van der Waals surface area (Å²) >= 11 is 0. The van der Waals surface area contributed by atoms with Crippen LogP contribution in [0.3, 0.4) is 0 Å². The van der Waals surface area contributed by atoms with Crippen LogP contribution in [0, 0.1) is 0 Å². The van der Waals surface area contributed by atoms with Crippen LogP contribution in [0.25, 0.3) is 0 Å². The predicted octanol–water partition coefficient (Wildman–Crippen LogP) is 3.49. The Kier molecular flexibility index (Phi) is 5.52. The first kappa shape index (κ1) is 14.8. The zero-order valence-corrected chi connectivity index (χ0v) is 12.3. The average Bonchev–Trinajstić information content (AvgIpc) is 2.49. The van der Waals surface area contributed by atoms with Crippen LogP contribution < -0.4 is 10.7 Å². The lowest BCUT2D eigenvalue weighted by Gasteiger charge is -2.10. The zero-order chi connectivity index (χ0) is 14.9. The molecule has 108 valence electrons. The van der Waals surface area contributed by atoms with Gasteiger partial charge in [-0.05, 0) is 31.5 Å². The molecule has 0 spiro atoms. The quantitative estimate of drug-likeness (QED) is 0.511. The van der Waals surface area contributed by atoms with E-state index in [0.29, 0.717) is 5.96 Å². The molecular formula is C17H20N4. The Labute approximate surface area is 125 Å². The van der Waals surface area contributed by atoms with E-state index in [1.54, 1.807) is 6.21 Å². The monoisotopic (exact) mass is 280 g/mol. The third-order valence-corrected chi connectivity index (χ3v) is 2.61. The summed E-state index contributed by atoms with van der Waals surface area (Å²) in [7, 11) is 0. The maximum atomic E-state index is 4.48. The maximum absolute atomic E-state index is 4.48. The Balaban J connectivity index is 2.02. The van der Waals surface area contributed by atoms with Crippen molar-refractivity contribution in [2.75, 3.05) is 5.32 Å². The lowest BCUT2D eigenvalue weighted by molar-refractivity contribution is 0.819. The third-order valence-electron chi connectivity index (χ3n) is 2.61. The van der Waals surface area contributed by atoms with E-state index in [1.165, 1.54) is 0 Å². The van der Waals surface area contributed by atoms with Crippen LogP contribution in [0.5, 0.6) is 0 Å². The number of nitrogens with one attached hydrogen (secondary N) is 2. The second-order valence-corrected chi connectivity index (χ2v) is 4.84. The minimum absolute atomic E-state index is 0.177. The van der Waals surface area contributed by atoms with Crippen molar-refractivity contribution >= 4 is 17.9 Å². The minimum Gasteiger partial charge on any atom is -0.325 e. The van der Waals surface area contributed by atoms with E-state index in [4.69, 9.17) is 0 Å². The zero-order valence-electron chi connectivity index (χ0n) is 12.3. The van der Waals surface area contributed by atoms with E-state index in [-0.39, 0.29) is 6.04 Å². The van der Waals surface area contributed by atoms with Gasteiger partial charge >= 0.3 is 0 Å². The van der Waals surface area contributed by atoms with Crippen LogP contribution >= 0.6 is 0 Å². The van der Waals surface area contributed by atoms with Gasteiger partial charge in [-0.3, -0.25) is 0 Å². The molecule has 0 radical (unpaired) electrons. The van der Waals surface area contributed by atoms with E-state index in [2.05, 4.69) is 20.8 Å². The predicted molar refractivity (Wildman–Crippen MR) is 89.8 cm³/mol. The van der Waals surface area contributed by atoms with Gasteiger partial charge in [-0.15, -0.1) is 0 Å². The summed E-state index contributed by atoms with van der Waals surface area (Å²) in [6.07, 6.45) is 1.77. The van der Waals surface area contributed by atoms with Crippen molar-refractivity contribution in [3.05, 3.63) is 66.2 Å². The van der Waals surface area contributed by atoms with Crippen molar-refractivity contribution in [1.29, 1.82) is 0 Å². The molecule has 4 heteroatoms. The molecular weight excluding hydrogens is 260 g/mol. The van der Waals surface area contributed by atoms with Crippen molar-refractivity contribution in [1.82, 2.24) is 5.43 Å². The number of para-hydroxylation sites is 1. The highest BCUT2D eigenvalue weighted by molar-refractivity contribution is 5.94. The summed E-state index contributed by atoms with van der Waals surface area (Å²) in [5, 5.41) is 7.44. The Hall–Kier alpha value is -2.62. The molecule has 4 nitrogen and oxygen atoms in total. The number of guanidine groups is 1. The summed E-state index contributed by atoms with van der Waals surface area (Å²) in [5.74, 6) is 0.628. The summed E-state index contributed by atoms with van der Waals surface area (Å²) in [6, 6.07) is 20.0. The van der Waals surface area contributed by atoms with Gasteiger partial charge in [0.1, 0.15) is 0 Å². The maximum Gasteiger partial charge on any atom is 0.216 e. The molecule has 0 unspecified atom stereocenters. The molecule has 0 amide bonds. The summed E-state index contributed by atoms with van der Waals surface area (Å²) < 4.78 is 0. The molecule has 2 aromatic rings. The Morgan fingerprint density at radius 3 is 2.19 bits per heavy atom. The molecule has 0 saturated heterocycles. The highest BCUT2D eigenvalue weighted by Crippen LogP contribution is 2.05. The SMILES string of the molecule is CC(C)N=C(N/N=C/c1ccccc1)Nc1ccccc1. The number of benzene rings is 2. The minimum atomic E-state index is 0.177. The number of rotatable bonds is 4. The van der Waals surface area contributed by atoms with Gasteiger partial charge in [0.2, 0.25) is 5.96 Å². The lowest BCUT2D eigenvalue weighted by Crippen LogP contribution is -2.27. The van der Waals surface area contributed by atoms with E-state index in [9.17, 15) is 0 Å². The van der Waals surface area contributed by atoms with Crippen LogP contribution in [0.1, 0.15) is 19.4 Å².